The molecule has 3 rings (SSSR count). The second-order valence-corrected chi connectivity index (χ2v) is 7.69. The molecule has 0 bridgehead atoms. The normalized spacial score (nSPS) is 18.8. The number of nitrogens with one attached hydrogen (secondary N) is 1. The number of amides is 2. The Bertz CT molecular complexity index is 871. The predicted octanol–water partition coefficient (Wildman–Crippen LogP) is 3.60. The first-order valence-electron chi connectivity index (χ1n) is 9.84. The molecule has 29 heavy (non-hydrogen) atoms. The molecule has 0 unspecified atom stereocenters. The molecule has 1 N–H and O–H groups in total. The number of rotatable bonds is 5. The van der Waals surface area contributed by atoms with Crippen LogP contribution in [0.1, 0.15) is 41.0 Å². The summed E-state index contributed by atoms with van der Waals surface area (Å²) in [5.41, 5.74) is 1.04. The van der Waals surface area contributed by atoms with Crippen LogP contribution in [0.25, 0.3) is 0 Å². The Morgan fingerprint density at radius 2 is 1.59 bits per heavy atom. The molecule has 6 heteroatoms. The Morgan fingerprint density at radius 1 is 0.966 bits per heavy atom. The first-order chi connectivity index (χ1) is 13.9. The lowest BCUT2D eigenvalue weighted by atomic mass is 9.92. The lowest BCUT2D eigenvalue weighted by molar-refractivity contribution is -0.137. The third-order valence-corrected chi connectivity index (χ3v) is 4.98. The highest BCUT2D eigenvalue weighted by atomic mass is 16.5. The van der Waals surface area contributed by atoms with Gasteiger partial charge in [-0.1, -0.05) is 44.2 Å². The van der Waals surface area contributed by atoms with Gasteiger partial charge in [0.15, 0.2) is 6.61 Å². The molecule has 0 radical (unpaired) electrons. The van der Waals surface area contributed by atoms with Crippen molar-refractivity contribution in [2.45, 2.75) is 20.3 Å². The zero-order valence-electron chi connectivity index (χ0n) is 16.8. The molecule has 1 aliphatic rings. The van der Waals surface area contributed by atoms with Crippen molar-refractivity contribution in [2.75, 3.05) is 25.0 Å². The Hall–Kier alpha value is -3.15. The summed E-state index contributed by atoms with van der Waals surface area (Å²) < 4.78 is 5.26. The number of hydrogen-bond acceptors (Lipinski definition) is 4. The van der Waals surface area contributed by atoms with Crippen molar-refractivity contribution in [3.63, 3.8) is 0 Å². The van der Waals surface area contributed by atoms with Gasteiger partial charge in [-0.2, -0.15) is 0 Å². The van der Waals surface area contributed by atoms with Gasteiger partial charge in [0.2, 0.25) is 0 Å². The van der Waals surface area contributed by atoms with E-state index in [9.17, 15) is 14.4 Å². The average Bonchev–Trinajstić information content (AvgIpc) is 2.72. The second-order valence-electron chi connectivity index (χ2n) is 7.69. The first kappa shape index (κ1) is 20.6. The number of anilines is 1. The van der Waals surface area contributed by atoms with E-state index in [0.29, 0.717) is 36.2 Å². The number of hydrogen-bond donors (Lipinski definition) is 1. The van der Waals surface area contributed by atoms with Gasteiger partial charge in [0, 0.05) is 18.7 Å². The number of piperidine rings is 1. The molecular weight excluding hydrogens is 368 g/mol. The van der Waals surface area contributed by atoms with Gasteiger partial charge >= 0.3 is 5.97 Å². The van der Waals surface area contributed by atoms with Gasteiger partial charge in [-0.3, -0.25) is 9.59 Å². The molecular formula is C23H26N2O4. The molecule has 2 atom stereocenters. The molecule has 1 saturated heterocycles. The Kier molecular flexibility index (Phi) is 6.65. The summed E-state index contributed by atoms with van der Waals surface area (Å²) in [5, 5.41) is 2.74. The van der Waals surface area contributed by atoms with E-state index in [4.69, 9.17) is 4.74 Å². The molecule has 152 valence electrons. The lowest BCUT2D eigenvalue weighted by Crippen LogP contribution is -2.44. The van der Waals surface area contributed by atoms with Crippen molar-refractivity contribution >= 4 is 23.5 Å². The van der Waals surface area contributed by atoms with Crippen molar-refractivity contribution < 1.29 is 19.1 Å². The van der Waals surface area contributed by atoms with Crippen LogP contribution < -0.4 is 5.32 Å². The lowest BCUT2D eigenvalue weighted by Gasteiger charge is -2.34. The molecule has 0 aliphatic carbocycles. The van der Waals surface area contributed by atoms with Crippen LogP contribution >= 0.6 is 0 Å². The summed E-state index contributed by atoms with van der Waals surface area (Å²) in [5.74, 6) is -0.277. The van der Waals surface area contributed by atoms with Crippen LogP contribution in [0.15, 0.2) is 54.6 Å². The van der Waals surface area contributed by atoms with E-state index in [-0.39, 0.29) is 24.0 Å². The Morgan fingerprint density at radius 3 is 2.28 bits per heavy atom. The van der Waals surface area contributed by atoms with Gasteiger partial charge in [0.05, 0.1) is 11.3 Å². The van der Waals surface area contributed by atoms with Crippen molar-refractivity contribution in [3.8, 4) is 0 Å². The summed E-state index contributed by atoms with van der Waals surface area (Å²) >= 11 is 0. The van der Waals surface area contributed by atoms with Gasteiger partial charge in [0.1, 0.15) is 0 Å². The SMILES string of the molecule is C[C@H]1C[C@H](C)CN(C(=O)COC(=O)c2ccccc2NC(=O)c2ccccc2)C1. The number of ether oxygens (including phenoxy) is 1. The standard InChI is InChI=1S/C23H26N2O4/c1-16-12-17(2)14-25(13-16)21(26)15-29-23(28)19-10-6-7-11-20(19)24-22(27)18-8-4-3-5-9-18/h3-11,16-17H,12-15H2,1-2H3,(H,24,27)/t16-,17-/m0/s1. The smallest absolute Gasteiger partial charge is 0.340 e. The fraction of sp³-hybridized carbons (Fsp3) is 0.348. The highest BCUT2D eigenvalue weighted by Crippen LogP contribution is 2.21. The van der Waals surface area contributed by atoms with Gasteiger partial charge in [-0.15, -0.1) is 0 Å². The average molecular weight is 394 g/mol. The summed E-state index contributed by atoms with van der Waals surface area (Å²) in [6.07, 6.45) is 1.10. The van der Waals surface area contributed by atoms with Gasteiger partial charge in [0.25, 0.3) is 11.8 Å². The highest BCUT2D eigenvalue weighted by molar-refractivity contribution is 6.08. The molecule has 0 saturated carbocycles. The molecule has 2 aromatic carbocycles. The molecule has 6 nitrogen and oxygen atoms in total. The summed E-state index contributed by atoms with van der Waals surface area (Å²) in [4.78, 5) is 39.2. The minimum absolute atomic E-state index is 0.192. The quantitative estimate of drug-likeness (QED) is 0.786. The number of carbonyl (C=O) groups is 3. The molecule has 1 aliphatic heterocycles. The third kappa shape index (κ3) is 5.44. The molecule has 2 aromatic rings. The fourth-order valence-electron chi connectivity index (χ4n) is 3.72. The predicted molar refractivity (Wildman–Crippen MR) is 111 cm³/mol. The third-order valence-electron chi connectivity index (χ3n) is 4.98. The molecule has 0 spiro atoms. The van der Waals surface area contributed by atoms with E-state index < -0.39 is 5.97 Å². The summed E-state index contributed by atoms with van der Waals surface area (Å²) in [6, 6.07) is 15.3. The van der Waals surface area contributed by atoms with E-state index in [1.807, 2.05) is 6.07 Å². The largest absolute Gasteiger partial charge is 0.452 e. The fourth-order valence-corrected chi connectivity index (χ4v) is 3.72. The van der Waals surface area contributed by atoms with E-state index in [0.717, 1.165) is 6.42 Å². The number of likely N-dealkylation sites (tertiary alicyclic amines) is 1. The minimum Gasteiger partial charge on any atom is -0.452 e. The summed E-state index contributed by atoms with van der Waals surface area (Å²) in [7, 11) is 0. The van der Waals surface area contributed by atoms with E-state index in [2.05, 4.69) is 19.2 Å². The van der Waals surface area contributed by atoms with E-state index in [1.165, 1.54) is 0 Å². The second kappa shape index (κ2) is 9.37. The molecule has 0 aromatic heterocycles. The first-order valence-corrected chi connectivity index (χ1v) is 9.84. The van der Waals surface area contributed by atoms with Gasteiger partial charge < -0.3 is 15.0 Å². The maximum atomic E-state index is 12.6. The van der Waals surface area contributed by atoms with Crippen molar-refractivity contribution in [2.24, 2.45) is 11.8 Å². The Labute approximate surface area is 170 Å². The van der Waals surface area contributed by atoms with Crippen LogP contribution in [0, 0.1) is 11.8 Å². The van der Waals surface area contributed by atoms with Gasteiger partial charge in [-0.05, 0) is 42.5 Å². The molecule has 1 heterocycles. The van der Waals surface area contributed by atoms with E-state index >= 15 is 0 Å². The van der Waals surface area contributed by atoms with Crippen LogP contribution in [0.5, 0.6) is 0 Å². The minimum atomic E-state index is -0.639. The van der Waals surface area contributed by atoms with Crippen LogP contribution in [0.4, 0.5) is 5.69 Å². The number of nitrogens with zero attached hydrogens (tertiary/aromatic N) is 1. The van der Waals surface area contributed by atoms with Crippen molar-refractivity contribution in [3.05, 3.63) is 65.7 Å². The maximum absolute atomic E-state index is 12.6. The van der Waals surface area contributed by atoms with Crippen molar-refractivity contribution in [1.29, 1.82) is 0 Å². The van der Waals surface area contributed by atoms with Crippen LogP contribution in [-0.4, -0.2) is 42.4 Å². The highest BCUT2D eigenvalue weighted by Gasteiger charge is 2.26. The summed E-state index contributed by atoms with van der Waals surface area (Å²) in [6.45, 7) is 5.30. The maximum Gasteiger partial charge on any atom is 0.340 e. The molecule has 2 amide bonds. The Balaban J connectivity index is 1.62. The van der Waals surface area contributed by atoms with Gasteiger partial charge in [-0.25, -0.2) is 4.79 Å². The van der Waals surface area contributed by atoms with E-state index in [1.54, 1.807) is 53.4 Å². The zero-order chi connectivity index (χ0) is 20.8. The van der Waals surface area contributed by atoms with Crippen LogP contribution in [-0.2, 0) is 9.53 Å². The number of carbonyl (C=O) groups excluding carboxylic acids is 3. The molecule has 1 fully saturated rings. The monoisotopic (exact) mass is 394 g/mol. The number of para-hydroxylation sites is 1. The van der Waals surface area contributed by atoms with Crippen LogP contribution in [0.2, 0.25) is 0 Å². The topological polar surface area (TPSA) is 75.7 Å². The van der Waals surface area contributed by atoms with Crippen LogP contribution in [0.3, 0.4) is 0 Å². The van der Waals surface area contributed by atoms with Crippen molar-refractivity contribution in [1.82, 2.24) is 4.90 Å². The zero-order valence-corrected chi connectivity index (χ0v) is 16.8. The number of benzene rings is 2. The number of esters is 1.